The molecular formula is C12H19NO2. The summed E-state index contributed by atoms with van der Waals surface area (Å²) in [7, 11) is 1.82. The molecule has 1 aliphatic carbocycles. The van der Waals surface area contributed by atoms with Gasteiger partial charge in [-0.05, 0) is 19.3 Å². The molecular weight excluding hydrogens is 190 g/mol. The number of nitrogens with zero attached hydrogens (tertiary/aromatic N) is 1. The molecule has 0 N–H and O–H groups in total. The number of carbonyl (C=O) groups excluding carboxylic acids is 2. The minimum absolute atomic E-state index is 0.0248. The van der Waals surface area contributed by atoms with Gasteiger partial charge in [0.1, 0.15) is 5.78 Å². The second-order valence-corrected chi connectivity index (χ2v) is 4.89. The number of carbonyl (C=O) groups is 2. The van der Waals surface area contributed by atoms with Gasteiger partial charge in [-0.2, -0.15) is 0 Å². The number of Topliss-reactive ketones (excluding diaryl/α,β-unsaturated/α-hetero) is 1. The van der Waals surface area contributed by atoms with Crippen LogP contribution in [0.4, 0.5) is 0 Å². The lowest BCUT2D eigenvalue weighted by Gasteiger charge is -2.29. The first-order valence-corrected chi connectivity index (χ1v) is 5.96. The zero-order valence-electron chi connectivity index (χ0n) is 9.37. The molecule has 1 amide bonds. The first kappa shape index (κ1) is 10.7. The fourth-order valence-corrected chi connectivity index (χ4v) is 2.73. The van der Waals surface area contributed by atoms with Crippen molar-refractivity contribution in [2.24, 2.45) is 11.8 Å². The summed E-state index contributed by atoms with van der Waals surface area (Å²) in [6.45, 7) is 0.752. The second kappa shape index (κ2) is 4.33. The van der Waals surface area contributed by atoms with Gasteiger partial charge < -0.3 is 4.90 Å². The molecule has 0 aromatic rings. The van der Waals surface area contributed by atoms with Crippen LogP contribution in [0.1, 0.15) is 38.5 Å². The van der Waals surface area contributed by atoms with E-state index in [1.807, 2.05) is 7.05 Å². The van der Waals surface area contributed by atoms with Crippen molar-refractivity contribution in [3.05, 3.63) is 0 Å². The fourth-order valence-electron chi connectivity index (χ4n) is 2.73. The molecule has 2 rings (SSSR count). The average Bonchev–Trinajstić information content (AvgIpc) is 2.74. The van der Waals surface area contributed by atoms with Gasteiger partial charge in [0.2, 0.25) is 5.91 Å². The maximum absolute atomic E-state index is 12.1. The second-order valence-electron chi connectivity index (χ2n) is 4.89. The van der Waals surface area contributed by atoms with E-state index in [-0.39, 0.29) is 17.7 Å². The van der Waals surface area contributed by atoms with E-state index in [4.69, 9.17) is 0 Å². The molecule has 1 heterocycles. The van der Waals surface area contributed by atoms with E-state index in [0.717, 1.165) is 25.8 Å². The normalized spacial score (nSPS) is 28.5. The standard InChI is InChI=1S/C12H19NO2/c1-13-7-6-10(8-11(13)14)12(15)9-4-2-3-5-9/h9-10H,2-8H2,1H3. The highest BCUT2D eigenvalue weighted by atomic mass is 16.2. The summed E-state index contributed by atoms with van der Waals surface area (Å²) in [6.07, 6.45) is 5.82. The molecule has 0 spiro atoms. The molecule has 15 heavy (non-hydrogen) atoms. The van der Waals surface area contributed by atoms with Gasteiger partial charge in [0.05, 0.1) is 0 Å². The molecule has 2 fully saturated rings. The third-order valence-electron chi connectivity index (χ3n) is 3.82. The number of hydrogen-bond donors (Lipinski definition) is 0. The van der Waals surface area contributed by atoms with E-state index in [1.165, 1.54) is 12.8 Å². The number of piperidine rings is 1. The van der Waals surface area contributed by atoms with Crippen LogP contribution in [0.15, 0.2) is 0 Å². The zero-order chi connectivity index (χ0) is 10.8. The maximum atomic E-state index is 12.1. The summed E-state index contributed by atoms with van der Waals surface area (Å²) in [5, 5.41) is 0. The fraction of sp³-hybridized carbons (Fsp3) is 0.833. The third kappa shape index (κ3) is 2.21. The quantitative estimate of drug-likeness (QED) is 0.693. The van der Waals surface area contributed by atoms with E-state index in [2.05, 4.69) is 0 Å². The summed E-state index contributed by atoms with van der Waals surface area (Å²) in [6, 6.07) is 0. The van der Waals surface area contributed by atoms with Crippen LogP contribution in [0, 0.1) is 11.8 Å². The highest BCUT2D eigenvalue weighted by Crippen LogP contribution is 2.31. The summed E-state index contributed by atoms with van der Waals surface area (Å²) < 4.78 is 0. The molecule has 3 heteroatoms. The van der Waals surface area contributed by atoms with Gasteiger partial charge in [-0.1, -0.05) is 12.8 Å². The van der Waals surface area contributed by atoms with E-state index in [0.29, 0.717) is 12.2 Å². The highest BCUT2D eigenvalue weighted by Gasteiger charge is 2.33. The molecule has 1 saturated carbocycles. The van der Waals surface area contributed by atoms with Crippen LogP contribution in [-0.4, -0.2) is 30.2 Å². The molecule has 1 aliphatic heterocycles. The number of ketones is 1. The first-order chi connectivity index (χ1) is 7.18. The lowest BCUT2D eigenvalue weighted by atomic mass is 9.85. The monoisotopic (exact) mass is 209 g/mol. The van der Waals surface area contributed by atoms with Crippen molar-refractivity contribution in [1.29, 1.82) is 0 Å². The summed E-state index contributed by atoms with van der Waals surface area (Å²) in [5.74, 6) is 0.801. The van der Waals surface area contributed by atoms with Gasteiger partial charge in [0.25, 0.3) is 0 Å². The van der Waals surface area contributed by atoms with E-state index >= 15 is 0 Å². The van der Waals surface area contributed by atoms with Crippen LogP contribution in [0.5, 0.6) is 0 Å². The van der Waals surface area contributed by atoms with E-state index in [9.17, 15) is 9.59 Å². The number of amides is 1. The van der Waals surface area contributed by atoms with Gasteiger partial charge in [0.15, 0.2) is 0 Å². The van der Waals surface area contributed by atoms with Gasteiger partial charge in [-0.25, -0.2) is 0 Å². The Bertz CT molecular complexity index is 269. The SMILES string of the molecule is CN1CCC(C(=O)C2CCCC2)CC1=O. The predicted molar refractivity (Wildman–Crippen MR) is 57.3 cm³/mol. The predicted octanol–water partition coefficient (Wildman–Crippen LogP) is 1.61. The number of hydrogen-bond acceptors (Lipinski definition) is 2. The molecule has 2 aliphatic rings. The van der Waals surface area contributed by atoms with Crippen LogP contribution >= 0.6 is 0 Å². The Morgan fingerprint density at radius 3 is 2.47 bits per heavy atom. The molecule has 0 aromatic heterocycles. The Kier molecular flexibility index (Phi) is 3.08. The van der Waals surface area contributed by atoms with E-state index in [1.54, 1.807) is 4.90 Å². The van der Waals surface area contributed by atoms with Gasteiger partial charge in [-0.15, -0.1) is 0 Å². The van der Waals surface area contributed by atoms with Crippen LogP contribution in [-0.2, 0) is 9.59 Å². The zero-order valence-corrected chi connectivity index (χ0v) is 9.37. The average molecular weight is 209 g/mol. The first-order valence-electron chi connectivity index (χ1n) is 5.96. The van der Waals surface area contributed by atoms with Crippen molar-refractivity contribution in [3.63, 3.8) is 0 Å². The number of rotatable bonds is 2. The van der Waals surface area contributed by atoms with Crippen molar-refractivity contribution in [1.82, 2.24) is 4.90 Å². The van der Waals surface area contributed by atoms with Gasteiger partial charge in [0, 0.05) is 31.8 Å². The lowest BCUT2D eigenvalue weighted by Crippen LogP contribution is -2.39. The molecule has 1 unspecified atom stereocenters. The highest BCUT2D eigenvalue weighted by molar-refractivity contribution is 5.89. The molecule has 84 valence electrons. The van der Waals surface area contributed by atoms with Crippen molar-refractivity contribution in [3.8, 4) is 0 Å². The molecule has 1 atom stereocenters. The minimum Gasteiger partial charge on any atom is -0.346 e. The molecule has 3 nitrogen and oxygen atoms in total. The van der Waals surface area contributed by atoms with Gasteiger partial charge >= 0.3 is 0 Å². The third-order valence-corrected chi connectivity index (χ3v) is 3.82. The summed E-state index contributed by atoms with van der Waals surface area (Å²) in [4.78, 5) is 25.3. The molecule has 1 saturated heterocycles. The minimum atomic E-state index is 0.0248. The summed E-state index contributed by atoms with van der Waals surface area (Å²) >= 11 is 0. The van der Waals surface area contributed by atoms with Crippen molar-refractivity contribution in [2.45, 2.75) is 38.5 Å². The Hall–Kier alpha value is -0.860. The van der Waals surface area contributed by atoms with Crippen LogP contribution < -0.4 is 0 Å². The topological polar surface area (TPSA) is 37.4 Å². The molecule has 0 bridgehead atoms. The van der Waals surface area contributed by atoms with Crippen LogP contribution in [0.3, 0.4) is 0 Å². The van der Waals surface area contributed by atoms with Crippen molar-refractivity contribution in [2.75, 3.05) is 13.6 Å². The Morgan fingerprint density at radius 2 is 1.87 bits per heavy atom. The summed E-state index contributed by atoms with van der Waals surface area (Å²) in [5.41, 5.74) is 0. The largest absolute Gasteiger partial charge is 0.346 e. The Balaban J connectivity index is 1.93. The van der Waals surface area contributed by atoms with Crippen LogP contribution in [0.25, 0.3) is 0 Å². The van der Waals surface area contributed by atoms with Crippen LogP contribution in [0.2, 0.25) is 0 Å². The molecule has 0 aromatic carbocycles. The number of likely N-dealkylation sites (tertiary alicyclic amines) is 1. The smallest absolute Gasteiger partial charge is 0.223 e. The Labute approximate surface area is 90.8 Å². The van der Waals surface area contributed by atoms with Gasteiger partial charge in [-0.3, -0.25) is 9.59 Å². The lowest BCUT2D eigenvalue weighted by molar-refractivity contribution is -0.139. The van der Waals surface area contributed by atoms with Crippen molar-refractivity contribution >= 4 is 11.7 Å². The maximum Gasteiger partial charge on any atom is 0.223 e. The van der Waals surface area contributed by atoms with E-state index < -0.39 is 0 Å². The molecule has 0 radical (unpaired) electrons. The van der Waals surface area contributed by atoms with Crippen molar-refractivity contribution < 1.29 is 9.59 Å². The Morgan fingerprint density at radius 1 is 1.20 bits per heavy atom.